The van der Waals surface area contributed by atoms with Crippen LogP contribution in [0.15, 0.2) is 40.2 Å². The topological polar surface area (TPSA) is 52.3 Å². The van der Waals surface area contributed by atoms with Gasteiger partial charge in [0.1, 0.15) is 6.61 Å². The van der Waals surface area contributed by atoms with Crippen molar-refractivity contribution in [3.63, 3.8) is 0 Å². The molecule has 5 heteroatoms. The van der Waals surface area contributed by atoms with Crippen molar-refractivity contribution in [1.82, 2.24) is 0 Å². The second-order valence-electron chi connectivity index (χ2n) is 3.77. The molecule has 0 fully saturated rings. The monoisotopic (exact) mass is 325 g/mol. The predicted molar refractivity (Wildman–Crippen MR) is 76.4 cm³/mol. The summed E-state index contributed by atoms with van der Waals surface area (Å²) >= 11 is 4.91. The van der Waals surface area contributed by atoms with Crippen LogP contribution in [0.2, 0.25) is 0 Å². The van der Waals surface area contributed by atoms with Crippen LogP contribution in [0.25, 0.3) is 0 Å². The van der Waals surface area contributed by atoms with Crippen molar-refractivity contribution in [2.24, 2.45) is 0 Å². The molecule has 0 unspecified atom stereocenters. The lowest BCUT2D eigenvalue weighted by atomic mass is 10.1. The Balaban J connectivity index is 1.88. The van der Waals surface area contributed by atoms with E-state index in [0.29, 0.717) is 12.3 Å². The van der Waals surface area contributed by atoms with E-state index >= 15 is 0 Å². The normalized spacial score (nSPS) is 10.3. The summed E-state index contributed by atoms with van der Waals surface area (Å²) in [6.07, 6.45) is 0.208. The average Bonchev–Trinajstić information content (AvgIpc) is 2.76. The summed E-state index contributed by atoms with van der Waals surface area (Å²) in [5.41, 5.74) is 7.19. The number of thiophene rings is 1. The maximum atomic E-state index is 11.7. The van der Waals surface area contributed by atoms with Gasteiger partial charge in [-0.15, -0.1) is 11.3 Å². The highest BCUT2D eigenvalue weighted by atomic mass is 79.9. The van der Waals surface area contributed by atoms with E-state index < -0.39 is 0 Å². The highest BCUT2D eigenvalue weighted by Crippen LogP contribution is 2.20. The van der Waals surface area contributed by atoms with Crippen LogP contribution in [0.3, 0.4) is 0 Å². The van der Waals surface area contributed by atoms with Crippen molar-refractivity contribution < 1.29 is 9.53 Å². The number of hydrogen-bond donors (Lipinski definition) is 1. The molecule has 1 aromatic heterocycles. The SMILES string of the molecule is Nc1ccccc1CC(=O)OCc1cc(Br)cs1. The summed E-state index contributed by atoms with van der Waals surface area (Å²) in [7, 11) is 0. The number of esters is 1. The minimum Gasteiger partial charge on any atom is -0.460 e. The molecular formula is C13H12BrNO2S. The van der Waals surface area contributed by atoms with Gasteiger partial charge in [-0.2, -0.15) is 0 Å². The zero-order chi connectivity index (χ0) is 13.0. The van der Waals surface area contributed by atoms with E-state index in [2.05, 4.69) is 15.9 Å². The molecule has 1 heterocycles. The van der Waals surface area contributed by atoms with Crippen molar-refractivity contribution in [3.8, 4) is 0 Å². The minimum atomic E-state index is -0.266. The van der Waals surface area contributed by atoms with Crippen molar-refractivity contribution in [2.75, 3.05) is 5.73 Å². The van der Waals surface area contributed by atoms with E-state index in [-0.39, 0.29) is 12.4 Å². The van der Waals surface area contributed by atoms with Crippen LogP contribution in [0.4, 0.5) is 5.69 Å². The molecule has 94 valence electrons. The number of benzene rings is 1. The van der Waals surface area contributed by atoms with Crippen LogP contribution >= 0.6 is 27.3 Å². The molecule has 1 aromatic carbocycles. The van der Waals surface area contributed by atoms with Gasteiger partial charge in [-0.3, -0.25) is 4.79 Å². The number of hydrogen-bond acceptors (Lipinski definition) is 4. The second kappa shape index (κ2) is 6.02. The lowest BCUT2D eigenvalue weighted by Crippen LogP contribution is -2.09. The van der Waals surface area contributed by atoms with Gasteiger partial charge in [0.05, 0.1) is 6.42 Å². The molecule has 3 nitrogen and oxygen atoms in total. The van der Waals surface area contributed by atoms with Gasteiger partial charge in [-0.05, 0) is 33.6 Å². The Morgan fingerprint density at radius 2 is 2.17 bits per heavy atom. The van der Waals surface area contributed by atoms with E-state index in [9.17, 15) is 4.79 Å². The first-order valence-electron chi connectivity index (χ1n) is 5.37. The van der Waals surface area contributed by atoms with Crippen molar-refractivity contribution in [3.05, 3.63) is 50.6 Å². The number of nitrogens with two attached hydrogens (primary N) is 1. The van der Waals surface area contributed by atoms with Crippen molar-refractivity contribution in [1.29, 1.82) is 0 Å². The summed E-state index contributed by atoms with van der Waals surface area (Å²) < 4.78 is 6.20. The molecule has 0 bridgehead atoms. The molecule has 0 saturated carbocycles. The highest BCUT2D eigenvalue weighted by Gasteiger charge is 2.08. The number of nitrogen functional groups attached to an aromatic ring is 1. The van der Waals surface area contributed by atoms with Gasteiger partial charge in [0.2, 0.25) is 0 Å². The van der Waals surface area contributed by atoms with E-state index in [1.54, 1.807) is 17.4 Å². The zero-order valence-corrected chi connectivity index (χ0v) is 12.0. The molecule has 0 aliphatic rings. The van der Waals surface area contributed by atoms with Crippen molar-refractivity contribution >= 4 is 38.9 Å². The number of carbonyl (C=O) groups excluding carboxylic acids is 1. The van der Waals surface area contributed by atoms with E-state index in [0.717, 1.165) is 14.9 Å². The average molecular weight is 326 g/mol. The molecule has 0 atom stereocenters. The Kier molecular flexibility index (Phi) is 4.38. The van der Waals surface area contributed by atoms with Gasteiger partial charge >= 0.3 is 5.97 Å². The molecular weight excluding hydrogens is 314 g/mol. The summed E-state index contributed by atoms with van der Waals surface area (Å²) in [6, 6.07) is 9.24. The predicted octanol–water partition coefficient (Wildman–Crippen LogP) is 3.38. The lowest BCUT2D eigenvalue weighted by molar-refractivity contribution is -0.144. The summed E-state index contributed by atoms with van der Waals surface area (Å²) in [6.45, 7) is 0.307. The molecule has 2 N–H and O–H groups in total. The standard InChI is InChI=1S/C13H12BrNO2S/c14-10-6-11(18-8-10)7-17-13(16)5-9-3-1-2-4-12(9)15/h1-4,6,8H,5,7,15H2. The lowest BCUT2D eigenvalue weighted by Gasteiger charge is -2.05. The smallest absolute Gasteiger partial charge is 0.310 e. The second-order valence-corrected chi connectivity index (χ2v) is 5.68. The summed E-state index contributed by atoms with van der Waals surface area (Å²) in [5, 5.41) is 1.96. The van der Waals surface area contributed by atoms with Gasteiger partial charge in [-0.25, -0.2) is 0 Å². The van der Waals surface area contributed by atoms with Gasteiger partial charge in [0.25, 0.3) is 0 Å². The Labute approximate surface area is 118 Å². The van der Waals surface area contributed by atoms with Crippen LogP contribution in [-0.2, 0) is 22.6 Å². The van der Waals surface area contributed by atoms with Gasteiger partial charge in [-0.1, -0.05) is 18.2 Å². The van der Waals surface area contributed by atoms with Gasteiger partial charge < -0.3 is 10.5 Å². The fourth-order valence-corrected chi connectivity index (χ4v) is 2.85. The fraction of sp³-hybridized carbons (Fsp3) is 0.154. The van der Waals surface area contributed by atoms with Crippen LogP contribution in [0.5, 0.6) is 0 Å². The quantitative estimate of drug-likeness (QED) is 0.692. The van der Waals surface area contributed by atoms with Crippen LogP contribution in [0.1, 0.15) is 10.4 Å². The van der Waals surface area contributed by atoms with Crippen LogP contribution in [0, 0.1) is 0 Å². The molecule has 0 spiro atoms. The van der Waals surface area contributed by atoms with E-state index in [1.165, 1.54) is 0 Å². The summed E-state index contributed by atoms with van der Waals surface area (Å²) in [5.74, 6) is -0.266. The Bertz CT molecular complexity index is 553. The number of rotatable bonds is 4. The molecule has 0 aliphatic carbocycles. The molecule has 0 aliphatic heterocycles. The van der Waals surface area contributed by atoms with Crippen molar-refractivity contribution in [2.45, 2.75) is 13.0 Å². The van der Waals surface area contributed by atoms with E-state index in [1.807, 2.05) is 29.6 Å². The molecule has 18 heavy (non-hydrogen) atoms. The maximum Gasteiger partial charge on any atom is 0.310 e. The van der Waals surface area contributed by atoms with Gasteiger partial charge in [0, 0.05) is 20.4 Å². The third-order valence-electron chi connectivity index (χ3n) is 2.39. The Morgan fingerprint density at radius 1 is 1.39 bits per heavy atom. The molecule has 0 saturated heterocycles. The Hall–Kier alpha value is -1.33. The Morgan fingerprint density at radius 3 is 2.83 bits per heavy atom. The van der Waals surface area contributed by atoms with Gasteiger partial charge in [0.15, 0.2) is 0 Å². The summed E-state index contributed by atoms with van der Waals surface area (Å²) in [4.78, 5) is 12.7. The first kappa shape index (κ1) is 13.1. The van der Waals surface area contributed by atoms with Crippen LogP contribution < -0.4 is 5.73 Å². The fourth-order valence-electron chi connectivity index (χ4n) is 1.48. The molecule has 2 aromatic rings. The number of halogens is 1. The maximum absolute atomic E-state index is 11.7. The number of carbonyl (C=O) groups is 1. The number of anilines is 1. The highest BCUT2D eigenvalue weighted by molar-refractivity contribution is 9.10. The molecule has 0 amide bonds. The third-order valence-corrected chi connectivity index (χ3v) is 4.06. The van der Waals surface area contributed by atoms with E-state index in [4.69, 9.17) is 10.5 Å². The first-order chi connectivity index (χ1) is 8.65. The first-order valence-corrected chi connectivity index (χ1v) is 7.04. The molecule has 2 rings (SSSR count). The number of ether oxygens (including phenoxy) is 1. The third kappa shape index (κ3) is 3.58. The number of para-hydroxylation sites is 1. The van der Waals surface area contributed by atoms with Crippen LogP contribution in [-0.4, -0.2) is 5.97 Å². The molecule has 0 radical (unpaired) electrons. The minimum absolute atomic E-state index is 0.208. The zero-order valence-electron chi connectivity index (χ0n) is 9.56. The largest absolute Gasteiger partial charge is 0.460 e.